The second-order valence-corrected chi connectivity index (χ2v) is 4.63. The lowest BCUT2D eigenvalue weighted by Gasteiger charge is -2.33. The zero-order chi connectivity index (χ0) is 10.6. The fourth-order valence-corrected chi connectivity index (χ4v) is 2.58. The van der Waals surface area contributed by atoms with E-state index in [0.717, 1.165) is 38.5 Å². The Balaban J connectivity index is 2.31. The van der Waals surface area contributed by atoms with E-state index in [1.807, 2.05) is 13.8 Å². The van der Waals surface area contributed by atoms with Crippen molar-refractivity contribution in [3.8, 4) is 0 Å². The highest BCUT2D eigenvalue weighted by molar-refractivity contribution is 4.79. The van der Waals surface area contributed by atoms with Crippen LogP contribution in [-0.4, -0.2) is 22.4 Å². The molecule has 1 fully saturated rings. The summed E-state index contributed by atoms with van der Waals surface area (Å²) in [7, 11) is 0. The van der Waals surface area contributed by atoms with Crippen molar-refractivity contribution in [1.29, 1.82) is 0 Å². The number of aliphatic hydroxyl groups excluding tert-OH is 2. The van der Waals surface area contributed by atoms with Gasteiger partial charge in [-0.15, -0.1) is 0 Å². The van der Waals surface area contributed by atoms with Crippen LogP contribution in [0.5, 0.6) is 0 Å². The fourth-order valence-electron chi connectivity index (χ4n) is 2.58. The molecule has 0 aromatic carbocycles. The van der Waals surface area contributed by atoms with Crippen LogP contribution in [-0.2, 0) is 0 Å². The van der Waals surface area contributed by atoms with Crippen LogP contribution in [0.3, 0.4) is 0 Å². The van der Waals surface area contributed by atoms with E-state index < -0.39 is 0 Å². The van der Waals surface area contributed by atoms with Gasteiger partial charge < -0.3 is 10.2 Å². The maximum Gasteiger partial charge on any atom is 0.0565 e. The van der Waals surface area contributed by atoms with Crippen molar-refractivity contribution in [3.05, 3.63) is 0 Å². The molecule has 14 heavy (non-hydrogen) atoms. The third-order valence-corrected chi connectivity index (χ3v) is 3.74. The van der Waals surface area contributed by atoms with Crippen LogP contribution in [0.1, 0.15) is 52.4 Å². The number of rotatable bonds is 4. The van der Waals surface area contributed by atoms with Crippen molar-refractivity contribution >= 4 is 0 Å². The molecule has 1 aliphatic rings. The average Bonchev–Trinajstić information content (AvgIpc) is 2.27. The van der Waals surface area contributed by atoms with E-state index in [2.05, 4.69) is 0 Å². The molecule has 0 aliphatic heterocycles. The first kappa shape index (κ1) is 12.0. The molecular formula is C12H24O2. The predicted octanol–water partition coefficient (Wildman–Crippen LogP) is 2.33. The van der Waals surface area contributed by atoms with Crippen LogP contribution in [0.2, 0.25) is 0 Å². The lowest BCUT2D eigenvalue weighted by atomic mass is 9.76. The summed E-state index contributed by atoms with van der Waals surface area (Å²) < 4.78 is 0. The quantitative estimate of drug-likeness (QED) is 0.731. The highest BCUT2D eigenvalue weighted by Crippen LogP contribution is 2.34. The van der Waals surface area contributed by atoms with E-state index in [9.17, 15) is 10.2 Å². The highest BCUT2D eigenvalue weighted by Gasteiger charge is 2.28. The van der Waals surface area contributed by atoms with Gasteiger partial charge >= 0.3 is 0 Å². The summed E-state index contributed by atoms with van der Waals surface area (Å²) in [4.78, 5) is 0. The third kappa shape index (κ3) is 2.96. The van der Waals surface area contributed by atoms with Gasteiger partial charge in [-0.3, -0.25) is 0 Å². The minimum Gasteiger partial charge on any atom is -0.393 e. The van der Waals surface area contributed by atoms with E-state index >= 15 is 0 Å². The van der Waals surface area contributed by atoms with Crippen LogP contribution in [0.4, 0.5) is 0 Å². The van der Waals surface area contributed by atoms with Crippen molar-refractivity contribution in [2.24, 2.45) is 11.8 Å². The van der Waals surface area contributed by atoms with Crippen LogP contribution >= 0.6 is 0 Å². The largest absolute Gasteiger partial charge is 0.393 e. The van der Waals surface area contributed by atoms with Crippen LogP contribution < -0.4 is 0 Å². The molecule has 84 valence electrons. The molecule has 0 radical (unpaired) electrons. The summed E-state index contributed by atoms with van der Waals surface area (Å²) in [5.74, 6) is 0.973. The molecule has 2 atom stereocenters. The standard InChI is InChI=1S/C12H24O2/c1-3-11(13)9-5-7-10(8-6-9)12(14)4-2/h9-14H,3-8H2,1-2H3. The number of aliphatic hydroxyl groups is 2. The summed E-state index contributed by atoms with van der Waals surface area (Å²) >= 11 is 0. The second kappa shape index (κ2) is 5.72. The zero-order valence-corrected chi connectivity index (χ0v) is 9.45. The summed E-state index contributed by atoms with van der Waals surface area (Å²) in [5, 5.41) is 19.4. The van der Waals surface area contributed by atoms with Gasteiger partial charge in [-0.05, 0) is 50.4 Å². The monoisotopic (exact) mass is 200 g/mol. The SMILES string of the molecule is CCC(O)C1CCC(C(O)CC)CC1. The van der Waals surface area contributed by atoms with Crippen molar-refractivity contribution in [2.75, 3.05) is 0 Å². The van der Waals surface area contributed by atoms with Gasteiger partial charge in [0.2, 0.25) is 0 Å². The van der Waals surface area contributed by atoms with Gasteiger partial charge in [-0.25, -0.2) is 0 Å². The Kier molecular flexibility index (Phi) is 4.90. The summed E-state index contributed by atoms with van der Waals surface area (Å²) in [6, 6.07) is 0. The minimum atomic E-state index is -0.116. The zero-order valence-electron chi connectivity index (χ0n) is 9.45. The molecule has 2 heteroatoms. The predicted molar refractivity (Wildman–Crippen MR) is 58.0 cm³/mol. The lowest BCUT2D eigenvalue weighted by molar-refractivity contribution is 0.0312. The third-order valence-electron chi connectivity index (χ3n) is 3.74. The molecule has 1 aliphatic carbocycles. The number of hydrogen-bond donors (Lipinski definition) is 2. The van der Waals surface area contributed by atoms with Crippen molar-refractivity contribution in [2.45, 2.75) is 64.6 Å². The van der Waals surface area contributed by atoms with Gasteiger partial charge in [0.1, 0.15) is 0 Å². The molecule has 0 aromatic heterocycles. The highest BCUT2D eigenvalue weighted by atomic mass is 16.3. The van der Waals surface area contributed by atoms with Crippen molar-refractivity contribution in [1.82, 2.24) is 0 Å². The van der Waals surface area contributed by atoms with Crippen molar-refractivity contribution in [3.63, 3.8) is 0 Å². The maximum absolute atomic E-state index is 9.70. The first-order valence-electron chi connectivity index (χ1n) is 6.05. The smallest absolute Gasteiger partial charge is 0.0565 e. The van der Waals surface area contributed by atoms with E-state index in [4.69, 9.17) is 0 Å². The molecule has 0 spiro atoms. The van der Waals surface area contributed by atoms with Gasteiger partial charge in [0, 0.05) is 0 Å². The molecule has 1 rings (SSSR count). The molecule has 0 heterocycles. The van der Waals surface area contributed by atoms with Crippen LogP contribution in [0.25, 0.3) is 0 Å². The molecular weight excluding hydrogens is 176 g/mol. The molecule has 0 saturated heterocycles. The molecule has 1 saturated carbocycles. The Morgan fingerprint density at radius 1 is 0.857 bits per heavy atom. The summed E-state index contributed by atoms with van der Waals surface area (Å²) in [6.07, 6.45) is 5.88. The van der Waals surface area contributed by atoms with E-state index in [1.165, 1.54) is 0 Å². The van der Waals surface area contributed by atoms with E-state index in [0.29, 0.717) is 11.8 Å². The molecule has 2 unspecified atom stereocenters. The molecule has 2 nitrogen and oxygen atoms in total. The van der Waals surface area contributed by atoms with Gasteiger partial charge in [0.15, 0.2) is 0 Å². The first-order chi connectivity index (χ1) is 6.69. The fraction of sp³-hybridized carbons (Fsp3) is 1.00. The van der Waals surface area contributed by atoms with Gasteiger partial charge in [0.25, 0.3) is 0 Å². The Hall–Kier alpha value is -0.0800. The Labute approximate surface area is 87.3 Å². The lowest BCUT2D eigenvalue weighted by Crippen LogP contribution is -2.30. The average molecular weight is 200 g/mol. The normalized spacial score (nSPS) is 32.6. The molecule has 0 aromatic rings. The Morgan fingerprint density at radius 2 is 1.14 bits per heavy atom. The van der Waals surface area contributed by atoms with Crippen LogP contribution in [0.15, 0.2) is 0 Å². The van der Waals surface area contributed by atoms with Gasteiger partial charge in [0.05, 0.1) is 12.2 Å². The second-order valence-electron chi connectivity index (χ2n) is 4.63. The summed E-state index contributed by atoms with van der Waals surface area (Å²) in [5.41, 5.74) is 0. The Morgan fingerprint density at radius 3 is 1.36 bits per heavy atom. The Bertz CT molecular complexity index is 132. The topological polar surface area (TPSA) is 40.5 Å². The van der Waals surface area contributed by atoms with Gasteiger partial charge in [-0.2, -0.15) is 0 Å². The van der Waals surface area contributed by atoms with Gasteiger partial charge in [-0.1, -0.05) is 13.8 Å². The first-order valence-corrected chi connectivity index (χ1v) is 6.05. The maximum atomic E-state index is 9.70. The molecule has 2 N–H and O–H groups in total. The van der Waals surface area contributed by atoms with E-state index in [1.54, 1.807) is 0 Å². The van der Waals surface area contributed by atoms with Crippen LogP contribution in [0, 0.1) is 11.8 Å². The number of hydrogen-bond acceptors (Lipinski definition) is 2. The van der Waals surface area contributed by atoms with Crippen molar-refractivity contribution < 1.29 is 10.2 Å². The molecule has 0 bridgehead atoms. The summed E-state index contributed by atoms with van der Waals surface area (Å²) in [6.45, 7) is 4.08. The van der Waals surface area contributed by atoms with E-state index in [-0.39, 0.29) is 12.2 Å². The minimum absolute atomic E-state index is 0.116. The molecule has 0 amide bonds.